The van der Waals surface area contributed by atoms with Gasteiger partial charge in [-0.3, -0.25) is 14.4 Å². The molecule has 0 saturated carbocycles. The van der Waals surface area contributed by atoms with Crippen LogP contribution in [0.15, 0.2) is 54.6 Å². The van der Waals surface area contributed by atoms with Crippen molar-refractivity contribution in [3.8, 4) is 0 Å². The molecule has 356 valence electrons. The SMILES string of the molecule is CO[C@@H]1[C@@H](O[C@@H]2O[C@H](C)[C@@H](O[C@H]3C[C@@](C)(O)[C@@H](OC(=O)CC(C)C)[C@H](C)O3)[C@H](N(C)C)[C@H]2O)[C@@H](CCNCCc2ccccc2)C[C@@H](C)C(=O)/C=C\C=C/C[C@@H](C)OC(=O)C[C@H]1O. The van der Waals surface area contributed by atoms with Crippen molar-refractivity contribution >= 4 is 17.7 Å². The summed E-state index contributed by atoms with van der Waals surface area (Å²) < 4.78 is 43.4. The molecule has 0 radical (unpaired) electrons. The summed E-state index contributed by atoms with van der Waals surface area (Å²) in [6.07, 6.45) is -1.98. The fourth-order valence-electron chi connectivity index (χ4n) is 8.89. The Bertz CT molecular complexity index is 1620. The molecule has 0 amide bonds. The fraction of sp³-hybridized carbons (Fsp3) is 0.729. The normalized spacial score (nSPS) is 37.4. The summed E-state index contributed by atoms with van der Waals surface area (Å²) in [5, 5.41) is 39.0. The van der Waals surface area contributed by atoms with Crippen molar-refractivity contribution in [1.82, 2.24) is 10.2 Å². The van der Waals surface area contributed by atoms with Gasteiger partial charge in [0.15, 0.2) is 24.5 Å². The minimum atomic E-state index is -1.48. The van der Waals surface area contributed by atoms with E-state index in [9.17, 15) is 29.7 Å². The first-order valence-corrected chi connectivity index (χ1v) is 22.7. The molecule has 3 aliphatic rings. The van der Waals surface area contributed by atoms with Crippen LogP contribution in [0, 0.1) is 17.8 Å². The third-order valence-electron chi connectivity index (χ3n) is 12.2. The Kier molecular flexibility index (Phi) is 20.8. The lowest BCUT2D eigenvalue weighted by atomic mass is 9.82. The van der Waals surface area contributed by atoms with Gasteiger partial charge >= 0.3 is 11.9 Å². The number of methoxy groups -OCH3 is 1. The zero-order chi connectivity index (χ0) is 46.4. The average molecular weight is 889 g/mol. The predicted molar refractivity (Wildman–Crippen MR) is 236 cm³/mol. The number of hydrogen-bond acceptors (Lipinski definition) is 15. The molecule has 15 atom stereocenters. The van der Waals surface area contributed by atoms with Gasteiger partial charge in [-0.1, -0.05) is 69.3 Å². The molecule has 15 nitrogen and oxygen atoms in total. The lowest BCUT2D eigenvalue weighted by Crippen LogP contribution is -2.66. The van der Waals surface area contributed by atoms with Gasteiger partial charge in [0.25, 0.3) is 0 Å². The highest BCUT2D eigenvalue weighted by molar-refractivity contribution is 5.91. The van der Waals surface area contributed by atoms with Crippen LogP contribution < -0.4 is 5.32 Å². The maximum atomic E-state index is 13.5. The second-order valence-electron chi connectivity index (χ2n) is 18.6. The van der Waals surface area contributed by atoms with E-state index in [0.717, 1.165) is 6.42 Å². The van der Waals surface area contributed by atoms with Crippen molar-refractivity contribution in [2.45, 2.75) is 173 Å². The summed E-state index contributed by atoms with van der Waals surface area (Å²) in [6, 6.07) is 9.40. The first-order valence-electron chi connectivity index (χ1n) is 22.7. The van der Waals surface area contributed by atoms with Gasteiger partial charge in [-0.2, -0.15) is 0 Å². The largest absolute Gasteiger partial charge is 0.462 e. The zero-order valence-electron chi connectivity index (χ0n) is 39.1. The highest BCUT2D eigenvalue weighted by atomic mass is 16.7. The van der Waals surface area contributed by atoms with Crippen LogP contribution in [0.25, 0.3) is 0 Å². The molecule has 2 fully saturated rings. The fourth-order valence-corrected chi connectivity index (χ4v) is 8.89. The van der Waals surface area contributed by atoms with Gasteiger partial charge in [0.2, 0.25) is 0 Å². The Morgan fingerprint density at radius 1 is 0.968 bits per heavy atom. The molecular weight excluding hydrogens is 813 g/mol. The van der Waals surface area contributed by atoms with Crippen LogP contribution in [-0.2, 0) is 54.0 Å². The first-order chi connectivity index (χ1) is 29.8. The molecule has 4 rings (SSSR count). The molecular formula is C48H76N2O13. The zero-order valence-corrected chi connectivity index (χ0v) is 39.1. The number of ketones is 1. The second kappa shape index (κ2) is 25.0. The number of aliphatic hydroxyl groups excluding tert-OH is 2. The summed E-state index contributed by atoms with van der Waals surface area (Å²) >= 11 is 0. The number of nitrogens with zero attached hydrogens (tertiary/aromatic N) is 1. The van der Waals surface area contributed by atoms with Crippen molar-refractivity contribution in [2.75, 3.05) is 34.3 Å². The number of cyclic esters (lactones) is 1. The van der Waals surface area contributed by atoms with Crippen LogP contribution in [-0.4, -0.2) is 151 Å². The standard InChI is InChI=1S/C48H76N2O13/c1-29(2)25-38(53)61-46-33(6)59-40(28-48(46,7)56)62-43-32(5)60-47(42(55)41(43)50(8)9)63-44-35(22-24-49-23-21-34-18-14-12-15-19-34)26-30(3)36(51)20-16-11-13-17-31(4)58-39(54)27-37(52)45(44)57-10/h11-16,18-20,29-33,35,37,40-47,49,52,55-56H,17,21-28H2,1-10H3/b13-11-,20-16-/t30-,31-,32-,33+,35+,37-,40+,41-,42-,43-,44+,45+,46+,47+,48-/m1/s1. The van der Waals surface area contributed by atoms with Crippen molar-refractivity contribution in [1.29, 1.82) is 0 Å². The highest BCUT2D eigenvalue weighted by Gasteiger charge is 2.52. The van der Waals surface area contributed by atoms with Gasteiger partial charge in [0, 0.05) is 32.3 Å². The molecule has 0 aromatic heterocycles. The third kappa shape index (κ3) is 15.8. The molecule has 4 N–H and O–H groups in total. The predicted octanol–water partition coefficient (Wildman–Crippen LogP) is 4.28. The van der Waals surface area contributed by atoms with E-state index in [0.29, 0.717) is 32.4 Å². The molecule has 3 heterocycles. The van der Waals surface area contributed by atoms with Crippen LogP contribution in [0.4, 0.5) is 0 Å². The van der Waals surface area contributed by atoms with Crippen LogP contribution in [0.2, 0.25) is 0 Å². The monoisotopic (exact) mass is 889 g/mol. The third-order valence-corrected chi connectivity index (χ3v) is 12.2. The minimum Gasteiger partial charge on any atom is -0.462 e. The Labute approximate surface area is 374 Å². The van der Waals surface area contributed by atoms with E-state index in [2.05, 4.69) is 17.4 Å². The molecule has 0 unspecified atom stereocenters. The number of allylic oxidation sites excluding steroid dienone is 3. The number of likely N-dealkylation sites (N-methyl/N-ethyl adjacent to an activating group) is 1. The summed E-state index contributed by atoms with van der Waals surface area (Å²) in [4.78, 5) is 41.1. The van der Waals surface area contributed by atoms with E-state index in [1.165, 1.54) is 18.7 Å². The van der Waals surface area contributed by atoms with Crippen LogP contribution in [0.3, 0.4) is 0 Å². The van der Waals surface area contributed by atoms with Gasteiger partial charge in [0.05, 0.1) is 36.9 Å². The lowest BCUT2D eigenvalue weighted by Gasteiger charge is -2.50. The molecule has 15 heteroatoms. The van der Waals surface area contributed by atoms with E-state index in [1.54, 1.807) is 58.8 Å². The minimum absolute atomic E-state index is 0.0174. The maximum Gasteiger partial charge on any atom is 0.308 e. The van der Waals surface area contributed by atoms with Gasteiger partial charge < -0.3 is 58.7 Å². The summed E-state index contributed by atoms with van der Waals surface area (Å²) in [6.45, 7) is 13.8. The van der Waals surface area contributed by atoms with Crippen LogP contribution >= 0.6 is 0 Å². The van der Waals surface area contributed by atoms with Gasteiger partial charge in [0.1, 0.15) is 30.0 Å². The number of ether oxygens (including phenoxy) is 7. The molecule has 0 bridgehead atoms. The molecule has 0 spiro atoms. The molecule has 3 aliphatic heterocycles. The van der Waals surface area contributed by atoms with E-state index >= 15 is 0 Å². The number of aliphatic hydroxyl groups is 3. The summed E-state index contributed by atoms with van der Waals surface area (Å²) in [5.74, 6) is -1.94. The molecule has 1 aromatic carbocycles. The number of benzene rings is 1. The number of carbonyl (C=O) groups excluding carboxylic acids is 3. The van der Waals surface area contributed by atoms with Crippen molar-refractivity contribution in [3.63, 3.8) is 0 Å². The Morgan fingerprint density at radius 3 is 2.33 bits per heavy atom. The Balaban J connectivity index is 1.62. The van der Waals surface area contributed by atoms with Gasteiger partial charge in [-0.25, -0.2) is 0 Å². The molecule has 1 aromatic rings. The molecule has 63 heavy (non-hydrogen) atoms. The Hall–Kier alpha value is -3.09. The van der Waals surface area contributed by atoms with Crippen molar-refractivity contribution < 1.29 is 62.9 Å². The van der Waals surface area contributed by atoms with E-state index in [4.69, 9.17) is 33.2 Å². The van der Waals surface area contributed by atoms with Crippen LogP contribution in [0.5, 0.6) is 0 Å². The van der Waals surface area contributed by atoms with E-state index < -0.39 is 103 Å². The topological polar surface area (TPSA) is 192 Å². The van der Waals surface area contributed by atoms with Crippen molar-refractivity contribution in [2.24, 2.45) is 17.8 Å². The van der Waals surface area contributed by atoms with E-state index in [-0.39, 0.29) is 31.0 Å². The maximum absolute atomic E-state index is 13.5. The number of nitrogens with one attached hydrogen (secondary N) is 1. The summed E-state index contributed by atoms with van der Waals surface area (Å²) in [7, 11) is 5.02. The second-order valence-corrected chi connectivity index (χ2v) is 18.6. The van der Waals surface area contributed by atoms with E-state index in [1.807, 2.05) is 45.0 Å². The first kappa shape index (κ1) is 52.5. The van der Waals surface area contributed by atoms with Gasteiger partial charge in [-0.15, -0.1) is 0 Å². The van der Waals surface area contributed by atoms with Crippen molar-refractivity contribution in [3.05, 3.63) is 60.2 Å². The smallest absolute Gasteiger partial charge is 0.308 e. The summed E-state index contributed by atoms with van der Waals surface area (Å²) in [5.41, 5.74) is -0.288. The number of rotatable bonds is 15. The molecule has 0 aliphatic carbocycles. The number of carbonyl (C=O) groups is 3. The molecule has 2 saturated heterocycles. The number of esters is 2. The van der Waals surface area contributed by atoms with Gasteiger partial charge in [-0.05, 0) is 97.6 Å². The quantitative estimate of drug-likeness (QED) is 0.144. The number of hydrogen-bond donors (Lipinski definition) is 4. The average Bonchev–Trinajstić information content (AvgIpc) is 3.19. The Morgan fingerprint density at radius 2 is 1.68 bits per heavy atom. The highest BCUT2D eigenvalue weighted by Crippen LogP contribution is 2.37. The lowest BCUT2D eigenvalue weighted by molar-refractivity contribution is -0.344. The van der Waals surface area contributed by atoms with Crippen LogP contribution in [0.1, 0.15) is 92.6 Å².